The van der Waals surface area contributed by atoms with Crippen molar-refractivity contribution in [3.63, 3.8) is 0 Å². The van der Waals surface area contributed by atoms with Gasteiger partial charge in [-0.15, -0.1) is 0 Å². The van der Waals surface area contributed by atoms with E-state index in [2.05, 4.69) is 24.1 Å². The van der Waals surface area contributed by atoms with Gasteiger partial charge >= 0.3 is 6.03 Å². The van der Waals surface area contributed by atoms with Crippen LogP contribution in [-0.2, 0) is 11.2 Å². The number of imide groups is 1. The number of aromatic nitrogens is 1. The van der Waals surface area contributed by atoms with Gasteiger partial charge in [0.25, 0.3) is 5.91 Å². The second kappa shape index (κ2) is 9.17. The summed E-state index contributed by atoms with van der Waals surface area (Å²) in [6, 6.07) is 12.0. The molecule has 1 fully saturated rings. The van der Waals surface area contributed by atoms with E-state index >= 15 is 0 Å². The van der Waals surface area contributed by atoms with Crippen LogP contribution < -0.4 is 10.1 Å². The van der Waals surface area contributed by atoms with Crippen LogP contribution >= 0.6 is 0 Å². The molecule has 2 atom stereocenters. The molecule has 3 amide bonds. The molecule has 1 saturated heterocycles. The predicted octanol–water partition coefficient (Wildman–Crippen LogP) is 4.19. The van der Waals surface area contributed by atoms with Crippen molar-refractivity contribution < 1.29 is 19.4 Å². The molecular weight excluding hydrogens is 456 g/mol. The maximum Gasteiger partial charge on any atom is 0.328 e. The number of aromatic hydroxyl groups is 1. The van der Waals surface area contributed by atoms with Crippen LogP contribution in [0.25, 0.3) is 10.9 Å². The molecule has 0 saturated carbocycles. The van der Waals surface area contributed by atoms with Crippen molar-refractivity contribution in [3.05, 3.63) is 59.3 Å². The summed E-state index contributed by atoms with van der Waals surface area (Å²) in [5.41, 5.74) is 2.49. The zero-order chi connectivity index (χ0) is 25.6. The summed E-state index contributed by atoms with van der Waals surface area (Å²) in [6.45, 7) is 10.3. The van der Waals surface area contributed by atoms with Gasteiger partial charge in [-0.05, 0) is 67.8 Å². The molecule has 36 heavy (non-hydrogen) atoms. The summed E-state index contributed by atoms with van der Waals surface area (Å²) in [4.78, 5) is 34.3. The maximum atomic E-state index is 13.8. The third-order valence-corrected chi connectivity index (χ3v) is 7.20. The Balaban J connectivity index is 1.61. The molecule has 0 spiro atoms. The lowest BCUT2D eigenvalue weighted by molar-refractivity contribution is -0.133. The molecule has 0 bridgehead atoms. The quantitative estimate of drug-likeness (QED) is 0.325. The zero-order valence-electron chi connectivity index (χ0n) is 21.3. The minimum atomic E-state index is -1.05. The number of carbonyl (C=O) groups excluding carboxylic acids is 2. The highest BCUT2D eigenvalue weighted by atomic mass is 16.5. The van der Waals surface area contributed by atoms with E-state index in [0.717, 1.165) is 40.0 Å². The number of aromatic amines is 1. The van der Waals surface area contributed by atoms with Gasteiger partial charge in [-0.1, -0.05) is 26.0 Å². The molecule has 1 unspecified atom stereocenters. The molecule has 2 aromatic carbocycles. The Morgan fingerprint density at radius 2 is 2.03 bits per heavy atom. The molecule has 2 aliphatic rings. The van der Waals surface area contributed by atoms with Crippen molar-refractivity contribution in [3.8, 4) is 11.5 Å². The second-order valence-electron chi connectivity index (χ2n) is 10.3. The van der Waals surface area contributed by atoms with Crippen molar-refractivity contribution in [2.75, 3.05) is 26.2 Å². The first-order chi connectivity index (χ1) is 17.2. The Morgan fingerprint density at radius 1 is 1.22 bits per heavy atom. The fourth-order valence-corrected chi connectivity index (χ4v) is 5.57. The Morgan fingerprint density at radius 3 is 2.75 bits per heavy atom. The molecule has 1 aromatic heterocycles. The minimum absolute atomic E-state index is 0.115. The molecule has 2 aliphatic heterocycles. The Hall–Kier alpha value is -3.52. The number of hydrogen-bond donors (Lipinski definition) is 3. The normalized spacial score (nSPS) is 21.4. The molecule has 190 valence electrons. The number of nitrogens with one attached hydrogen (secondary N) is 2. The SMILES string of the molecule is CCOc1ccc2[nH]c3c(c2c1)C[C@@]1(C)C(=O)N(CCNCC(C)C)C(=O)N1C3c1cccc(O)c1. The van der Waals surface area contributed by atoms with Crippen LogP contribution in [-0.4, -0.2) is 63.6 Å². The van der Waals surface area contributed by atoms with Crippen molar-refractivity contribution in [2.45, 2.75) is 45.7 Å². The lowest BCUT2D eigenvalue weighted by Crippen LogP contribution is -2.53. The van der Waals surface area contributed by atoms with Crippen LogP contribution in [0.3, 0.4) is 0 Å². The van der Waals surface area contributed by atoms with Gasteiger partial charge in [-0.25, -0.2) is 4.79 Å². The smallest absolute Gasteiger partial charge is 0.328 e. The summed E-state index contributed by atoms with van der Waals surface area (Å²) < 4.78 is 5.75. The fourth-order valence-electron chi connectivity index (χ4n) is 5.57. The van der Waals surface area contributed by atoms with Crippen molar-refractivity contribution in [1.82, 2.24) is 20.1 Å². The summed E-state index contributed by atoms with van der Waals surface area (Å²) in [7, 11) is 0. The lowest BCUT2D eigenvalue weighted by atomic mass is 9.81. The van der Waals surface area contributed by atoms with Gasteiger partial charge in [0.15, 0.2) is 0 Å². The zero-order valence-corrected chi connectivity index (χ0v) is 21.3. The van der Waals surface area contributed by atoms with E-state index in [1.54, 1.807) is 23.1 Å². The first-order valence-electron chi connectivity index (χ1n) is 12.7. The molecule has 3 N–H and O–H groups in total. The standard InChI is InChI=1S/C28H34N4O4/c1-5-36-20-9-10-23-21(14-20)22-15-28(4)26(34)31(12-11-29-16-17(2)3)27(35)32(28)25(24(22)30-23)18-7-6-8-19(33)13-18/h6-10,13-14,17,25,29-30,33H,5,11-12,15-16H2,1-4H3/t25?,28-/m0/s1. The second-order valence-corrected chi connectivity index (χ2v) is 10.3. The van der Waals surface area contributed by atoms with Crippen LogP contribution in [0.4, 0.5) is 4.79 Å². The van der Waals surface area contributed by atoms with Crippen molar-refractivity contribution in [1.29, 1.82) is 0 Å². The highest BCUT2D eigenvalue weighted by Crippen LogP contribution is 2.49. The monoisotopic (exact) mass is 490 g/mol. The Bertz CT molecular complexity index is 1320. The molecule has 5 rings (SSSR count). The number of H-pyrrole nitrogens is 1. The first-order valence-corrected chi connectivity index (χ1v) is 12.7. The van der Waals surface area contributed by atoms with E-state index in [-0.39, 0.29) is 17.7 Å². The molecule has 8 heteroatoms. The average molecular weight is 491 g/mol. The molecule has 0 aliphatic carbocycles. The lowest BCUT2D eigenvalue weighted by Gasteiger charge is -2.42. The average Bonchev–Trinajstić information content (AvgIpc) is 3.27. The van der Waals surface area contributed by atoms with E-state index < -0.39 is 11.6 Å². The summed E-state index contributed by atoms with van der Waals surface area (Å²) >= 11 is 0. The predicted molar refractivity (Wildman–Crippen MR) is 138 cm³/mol. The number of ether oxygens (including phenoxy) is 1. The third-order valence-electron chi connectivity index (χ3n) is 7.20. The number of amides is 3. The number of urea groups is 1. The molecule has 3 aromatic rings. The number of carbonyl (C=O) groups is 2. The number of benzene rings is 2. The van der Waals surface area contributed by atoms with E-state index in [0.29, 0.717) is 32.0 Å². The Kier molecular flexibility index (Phi) is 6.16. The van der Waals surface area contributed by atoms with Crippen molar-refractivity contribution >= 4 is 22.8 Å². The number of phenols is 1. The van der Waals surface area contributed by atoms with E-state index in [4.69, 9.17) is 4.74 Å². The molecule has 0 radical (unpaired) electrons. The topological polar surface area (TPSA) is 97.9 Å². The molecular formula is C28H34N4O4. The van der Waals surface area contributed by atoms with Gasteiger partial charge in [0.2, 0.25) is 0 Å². The summed E-state index contributed by atoms with van der Waals surface area (Å²) in [6.07, 6.45) is 0.397. The van der Waals surface area contributed by atoms with Gasteiger partial charge in [-0.2, -0.15) is 0 Å². The van der Waals surface area contributed by atoms with Gasteiger partial charge in [0.05, 0.1) is 6.61 Å². The van der Waals surface area contributed by atoms with Gasteiger partial charge in [-0.3, -0.25) is 14.6 Å². The van der Waals surface area contributed by atoms with E-state index in [9.17, 15) is 14.7 Å². The molecule has 8 nitrogen and oxygen atoms in total. The van der Waals surface area contributed by atoms with Crippen LogP contribution in [0.15, 0.2) is 42.5 Å². The minimum Gasteiger partial charge on any atom is -0.508 e. The number of fused-ring (bicyclic) bond motifs is 4. The number of rotatable bonds is 8. The first kappa shape index (κ1) is 24.2. The van der Waals surface area contributed by atoms with Crippen molar-refractivity contribution in [2.24, 2.45) is 5.92 Å². The van der Waals surface area contributed by atoms with Crippen LogP contribution in [0.1, 0.15) is 50.6 Å². The number of nitrogens with zero attached hydrogens (tertiary/aromatic N) is 2. The van der Waals surface area contributed by atoms with Crippen LogP contribution in [0, 0.1) is 5.92 Å². The number of phenolic OH excluding ortho intramolecular Hbond substituents is 1. The largest absolute Gasteiger partial charge is 0.508 e. The Labute approximate surface area is 211 Å². The van der Waals surface area contributed by atoms with Crippen LogP contribution in [0.2, 0.25) is 0 Å². The highest BCUT2D eigenvalue weighted by Gasteiger charge is 2.60. The summed E-state index contributed by atoms with van der Waals surface area (Å²) in [5, 5.41) is 14.6. The highest BCUT2D eigenvalue weighted by molar-refractivity contribution is 6.08. The van der Waals surface area contributed by atoms with Gasteiger partial charge < -0.3 is 20.1 Å². The number of hydrogen-bond acceptors (Lipinski definition) is 5. The van der Waals surface area contributed by atoms with E-state index in [1.165, 1.54) is 4.90 Å². The van der Waals surface area contributed by atoms with E-state index in [1.807, 2.05) is 38.1 Å². The molecule has 3 heterocycles. The van der Waals surface area contributed by atoms with Gasteiger partial charge in [0, 0.05) is 36.1 Å². The summed E-state index contributed by atoms with van der Waals surface area (Å²) in [5.74, 6) is 1.17. The fraction of sp³-hybridized carbons (Fsp3) is 0.429. The van der Waals surface area contributed by atoms with Crippen LogP contribution in [0.5, 0.6) is 11.5 Å². The maximum absolute atomic E-state index is 13.8. The third kappa shape index (κ3) is 3.89. The van der Waals surface area contributed by atoms with Gasteiger partial charge in [0.1, 0.15) is 23.1 Å².